The standard InChI is InChI=1S/C61H90O6/c1-4-7-10-13-16-19-22-25-28-29-30-31-34-36-39-42-45-48-51-54-60(63)66-57-58(67-61(64)55-52-49-46-43-40-37-33-27-24-21-18-15-12-9-6-3)56-65-59(62)53-50-47-44-41-38-35-32-26-23-20-17-14-11-8-5-2/h7-12,14-21,23-28,30-33,36,39,45,48,58H,4-6,13,22,29,34-35,37-38,40-44,46-47,49-57H2,1-3H3/b10-7-,11-8-,12-9-,17-14-,18-15-,19-16-,23-20-,24-21-,28-25-,31-30-,32-26-,33-27-,39-36-,48-45-. The minimum atomic E-state index is -0.841. The van der Waals surface area contributed by atoms with Crippen molar-refractivity contribution in [1.29, 1.82) is 0 Å². The van der Waals surface area contributed by atoms with E-state index in [2.05, 4.69) is 130 Å². The maximum atomic E-state index is 12.8. The minimum Gasteiger partial charge on any atom is -0.462 e. The van der Waals surface area contributed by atoms with Gasteiger partial charge in [0.05, 0.1) is 0 Å². The van der Waals surface area contributed by atoms with Gasteiger partial charge in [-0.2, -0.15) is 0 Å². The third kappa shape index (κ3) is 51.6. The predicted octanol–water partition coefficient (Wildman–Crippen LogP) is 17.2. The molecule has 0 radical (unpaired) electrons. The zero-order chi connectivity index (χ0) is 48.6. The van der Waals surface area contributed by atoms with Crippen molar-refractivity contribution >= 4 is 17.9 Å². The molecule has 0 spiro atoms. The molecule has 0 aromatic rings. The molecule has 370 valence electrons. The van der Waals surface area contributed by atoms with Gasteiger partial charge in [-0.25, -0.2) is 0 Å². The maximum absolute atomic E-state index is 12.8. The third-order valence-corrected chi connectivity index (χ3v) is 9.90. The van der Waals surface area contributed by atoms with E-state index in [4.69, 9.17) is 14.2 Å². The highest BCUT2D eigenvalue weighted by atomic mass is 16.6. The van der Waals surface area contributed by atoms with E-state index >= 15 is 0 Å². The highest BCUT2D eigenvalue weighted by Gasteiger charge is 2.19. The van der Waals surface area contributed by atoms with Crippen LogP contribution in [0.1, 0.15) is 175 Å². The fourth-order valence-electron chi connectivity index (χ4n) is 6.13. The van der Waals surface area contributed by atoms with E-state index in [1.807, 2.05) is 60.8 Å². The lowest BCUT2D eigenvalue weighted by Crippen LogP contribution is -2.30. The summed E-state index contributed by atoms with van der Waals surface area (Å²) in [6, 6.07) is 0. The van der Waals surface area contributed by atoms with E-state index in [0.717, 1.165) is 128 Å². The van der Waals surface area contributed by atoms with Crippen molar-refractivity contribution in [1.82, 2.24) is 0 Å². The Morgan fingerprint density at radius 2 is 0.642 bits per heavy atom. The first-order valence-corrected chi connectivity index (χ1v) is 25.7. The Labute approximate surface area is 409 Å². The van der Waals surface area contributed by atoms with Gasteiger partial charge in [-0.05, 0) is 96.3 Å². The zero-order valence-corrected chi connectivity index (χ0v) is 42.1. The molecule has 0 heterocycles. The Bertz CT molecular complexity index is 1620. The Hall–Kier alpha value is -5.23. The molecule has 0 aromatic heterocycles. The van der Waals surface area contributed by atoms with Crippen LogP contribution in [0.2, 0.25) is 0 Å². The summed E-state index contributed by atoms with van der Waals surface area (Å²) in [6.45, 7) is 6.11. The summed E-state index contributed by atoms with van der Waals surface area (Å²) in [6.07, 6.45) is 79.1. The molecule has 0 saturated carbocycles. The summed E-state index contributed by atoms with van der Waals surface area (Å²) in [4.78, 5) is 38.0. The number of ether oxygens (including phenoxy) is 3. The van der Waals surface area contributed by atoms with Crippen LogP contribution in [-0.4, -0.2) is 37.2 Å². The molecule has 1 unspecified atom stereocenters. The van der Waals surface area contributed by atoms with Gasteiger partial charge in [0, 0.05) is 19.3 Å². The lowest BCUT2D eigenvalue weighted by atomic mass is 10.1. The molecule has 0 saturated heterocycles. The van der Waals surface area contributed by atoms with Crippen LogP contribution >= 0.6 is 0 Å². The van der Waals surface area contributed by atoms with E-state index in [1.165, 1.54) is 0 Å². The van der Waals surface area contributed by atoms with E-state index in [0.29, 0.717) is 12.8 Å². The highest BCUT2D eigenvalue weighted by Crippen LogP contribution is 2.12. The van der Waals surface area contributed by atoms with Crippen LogP contribution in [0.3, 0.4) is 0 Å². The minimum absolute atomic E-state index is 0.133. The normalized spacial score (nSPS) is 13.5. The molecule has 6 nitrogen and oxygen atoms in total. The summed E-state index contributed by atoms with van der Waals surface area (Å²) >= 11 is 0. The Morgan fingerprint density at radius 3 is 1.07 bits per heavy atom. The zero-order valence-electron chi connectivity index (χ0n) is 42.1. The number of rotatable bonds is 43. The molecule has 0 N–H and O–H groups in total. The molecule has 67 heavy (non-hydrogen) atoms. The van der Waals surface area contributed by atoms with Crippen molar-refractivity contribution in [2.24, 2.45) is 0 Å². The average Bonchev–Trinajstić information content (AvgIpc) is 3.33. The first kappa shape index (κ1) is 61.8. The van der Waals surface area contributed by atoms with Crippen molar-refractivity contribution in [2.45, 2.75) is 181 Å². The van der Waals surface area contributed by atoms with Gasteiger partial charge in [-0.1, -0.05) is 229 Å². The Morgan fingerprint density at radius 1 is 0.313 bits per heavy atom. The van der Waals surface area contributed by atoms with Crippen LogP contribution in [-0.2, 0) is 28.6 Å². The van der Waals surface area contributed by atoms with Gasteiger partial charge in [0.15, 0.2) is 6.10 Å². The van der Waals surface area contributed by atoms with Crippen LogP contribution < -0.4 is 0 Å². The molecule has 1 atom stereocenters. The van der Waals surface area contributed by atoms with Gasteiger partial charge in [-0.15, -0.1) is 0 Å². The van der Waals surface area contributed by atoms with E-state index < -0.39 is 6.10 Å². The van der Waals surface area contributed by atoms with E-state index in [-0.39, 0.29) is 44.0 Å². The summed E-state index contributed by atoms with van der Waals surface area (Å²) in [5, 5.41) is 0. The first-order valence-electron chi connectivity index (χ1n) is 25.7. The molecule has 0 fully saturated rings. The van der Waals surface area contributed by atoms with Gasteiger partial charge in [-0.3, -0.25) is 14.4 Å². The van der Waals surface area contributed by atoms with Gasteiger partial charge in [0.1, 0.15) is 13.2 Å². The van der Waals surface area contributed by atoms with E-state index in [1.54, 1.807) is 0 Å². The molecular weight excluding hydrogens is 829 g/mol. The van der Waals surface area contributed by atoms with Crippen LogP contribution in [0.5, 0.6) is 0 Å². The first-order chi connectivity index (χ1) is 33.0. The van der Waals surface area contributed by atoms with Crippen molar-refractivity contribution in [2.75, 3.05) is 13.2 Å². The Kier molecular flexibility index (Phi) is 49.2. The third-order valence-electron chi connectivity index (χ3n) is 9.90. The number of carbonyl (C=O) groups is 3. The van der Waals surface area contributed by atoms with Crippen molar-refractivity contribution in [3.8, 4) is 0 Å². The van der Waals surface area contributed by atoms with Gasteiger partial charge < -0.3 is 14.2 Å². The van der Waals surface area contributed by atoms with E-state index in [9.17, 15) is 14.4 Å². The molecule has 0 aliphatic carbocycles. The number of carbonyl (C=O) groups excluding carboxylic acids is 3. The van der Waals surface area contributed by atoms with Crippen molar-refractivity contribution < 1.29 is 28.6 Å². The molecule has 0 aromatic carbocycles. The van der Waals surface area contributed by atoms with Gasteiger partial charge in [0.25, 0.3) is 0 Å². The molecule has 0 aliphatic rings. The fraction of sp³-hybridized carbons (Fsp3) is 0.492. The molecule has 0 amide bonds. The second-order valence-electron chi connectivity index (χ2n) is 16.1. The van der Waals surface area contributed by atoms with Gasteiger partial charge in [0.2, 0.25) is 0 Å². The number of allylic oxidation sites excluding steroid dienone is 28. The SMILES string of the molecule is CC\C=C/C=C\C=C/C=C\CCCCCCCC(=O)OCC(COC(=O)CC/C=C\C/C=C\C/C=C\C/C=C\C/C=C\C/C=C\CC)OC(=O)CCCCCCC\C=C/C=C\C=C/C=C\CC. The number of esters is 3. The van der Waals surface area contributed by atoms with Crippen LogP contribution in [0.4, 0.5) is 0 Å². The van der Waals surface area contributed by atoms with Crippen molar-refractivity contribution in [3.63, 3.8) is 0 Å². The van der Waals surface area contributed by atoms with Gasteiger partial charge >= 0.3 is 17.9 Å². The lowest BCUT2D eigenvalue weighted by molar-refractivity contribution is -0.166. The van der Waals surface area contributed by atoms with Crippen LogP contribution in [0, 0.1) is 0 Å². The lowest BCUT2D eigenvalue weighted by Gasteiger charge is -2.18. The molecule has 0 rings (SSSR count). The monoisotopic (exact) mass is 919 g/mol. The quantitative estimate of drug-likeness (QED) is 0.0199. The number of hydrogen-bond acceptors (Lipinski definition) is 6. The second-order valence-corrected chi connectivity index (χ2v) is 16.1. The molecule has 0 aliphatic heterocycles. The summed E-state index contributed by atoms with van der Waals surface area (Å²) in [5.41, 5.74) is 0. The fourth-order valence-corrected chi connectivity index (χ4v) is 6.13. The number of hydrogen-bond donors (Lipinski definition) is 0. The predicted molar refractivity (Wildman–Crippen MR) is 288 cm³/mol. The highest BCUT2D eigenvalue weighted by molar-refractivity contribution is 5.71. The van der Waals surface area contributed by atoms with Crippen LogP contribution in [0.15, 0.2) is 170 Å². The maximum Gasteiger partial charge on any atom is 0.306 e. The second kappa shape index (κ2) is 53.4. The molecular formula is C61H90O6. The Balaban J connectivity index is 4.63. The summed E-state index contributed by atoms with van der Waals surface area (Å²) in [7, 11) is 0. The van der Waals surface area contributed by atoms with Crippen molar-refractivity contribution in [3.05, 3.63) is 170 Å². The van der Waals surface area contributed by atoms with Crippen LogP contribution in [0.25, 0.3) is 0 Å². The summed E-state index contributed by atoms with van der Waals surface area (Å²) in [5.74, 6) is -1.08. The molecule has 6 heteroatoms. The molecule has 0 bridgehead atoms. The topological polar surface area (TPSA) is 78.9 Å². The summed E-state index contributed by atoms with van der Waals surface area (Å²) < 4.78 is 16.7. The average molecular weight is 919 g/mol. The smallest absolute Gasteiger partial charge is 0.306 e. The largest absolute Gasteiger partial charge is 0.462 e. The number of unbranched alkanes of at least 4 members (excludes halogenated alkanes) is 10.